The SMILES string of the molecule is CCn1c(SCC(=O)Nc2ccc(Br)cc2)nnc1-c1cccc(N)c1. The first kappa shape index (κ1) is 18.5. The molecule has 1 heterocycles. The van der Waals surface area contributed by atoms with Crippen molar-refractivity contribution >= 4 is 45.0 Å². The zero-order valence-corrected chi connectivity index (χ0v) is 16.5. The number of anilines is 2. The van der Waals surface area contributed by atoms with Gasteiger partial charge >= 0.3 is 0 Å². The Labute approximate surface area is 164 Å². The summed E-state index contributed by atoms with van der Waals surface area (Å²) in [6.07, 6.45) is 0. The van der Waals surface area contributed by atoms with Gasteiger partial charge in [-0.25, -0.2) is 0 Å². The smallest absolute Gasteiger partial charge is 0.234 e. The molecule has 0 radical (unpaired) electrons. The normalized spacial score (nSPS) is 10.7. The van der Waals surface area contributed by atoms with E-state index in [9.17, 15) is 4.79 Å². The fourth-order valence-electron chi connectivity index (χ4n) is 2.43. The van der Waals surface area contributed by atoms with E-state index < -0.39 is 0 Å². The Morgan fingerprint density at radius 1 is 1.23 bits per heavy atom. The van der Waals surface area contributed by atoms with E-state index in [1.165, 1.54) is 11.8 Å². The van der Waals surface area contributed by atoms with Crippen molar-refractivity contribution in [2.24, 2.45) is 0 Å². The van der Waals surface area contributed by atoms with Crippen molar-refractivity contribution < 1.29 is 4.79 Å². The molecule has 3 rings (SSSR count). The van der Waals surface area contributed by atoms with Crippen LogP contribution in [-0.2, 0) is 11.3 Å². The Morgan fingerprint density at radius 2 is 2.00 bits per heavy atom. The van der Waals surface area contributed by atoms with Crippen molar-refractivity contribution in [1.29, 1.82) is 0 Å². The minimum atomic E-state index is -0.0894. The molecule has 0 aliphatic carbocycles. The molecule has 0 bridgehead atoms. The molecule has 2 aromatic carbocycles. The fourth-order valence-corrected chi connectivity index (χ4v) is 3.50. The molecule has 0 saturated carbocycles. The molecule has 3 aromatic rings. The lowest BCUT2D eigenvalue weighted by Crippen LogP contribution is -2.14. The van der Waals surface area contributed by atoms with Crippen LogP contribution in [0.25, 0.3) is 11.4 Å². The average Bonchev–Trinajstić information content (AvgIpc) is 3.05. The topological polar surface area (TPSA) is 85.8 Å². The number of thioether (sulfide) groups is 1. The number of amides is 1. The van der Waals surface area contributed by atoms with E-state index in [-0.39, 0.29) is 11.7 Å². The molecule has 134 valence electrons. The minimum absolute atomic E-state index is 0.0894. The van der Waals surface area contributed by atoms with Gasteiger partial charge in [0.15, 0.2) is 11.0 Å². The summed E-state index contributed by atoms with van der Waals surface area (Å²) in [5.74, 6) is 0.912. The first-order valence-corrected chi connectivity index (χ1v) is 9.82. The van der Waals surface area contributed by atoms with E-state index in [2.05, 4.69) is 31.4 Å². The van der Waals surface area contributed by atoms with Crippen LogP contribution in [0.4, 0.5) is 11.4 Å². The van der Waals surface area contributed by atoms with E-state index in [1.54, 1.807) is 0 Å². The van der Waals surface area contributed by atoms with Gasteiger partial charge < -0.3 is 15.6 Å². The number of nitrogen functional groups attached to an aromatic ring is 1. The average molecular weight is 432 g/mol. The maximum absolute atomic E-state index is 12.2. The number of hydrogen-bond acceptors (Lipinski definition) is 5. The summed E-state index contributed by atoms with van der Waals surface area (Å²) in [5.41, 5.74) is 8.20. The van der Waals surface area contributed by atoms with Gasteiger partial charge in [-0.1, -0.05) is 39.8 Å². The van der Waals surface area contributed by atoms with Crippen molar-refractivity contribution in [2.75, 3.05) is 16.8 Å². The number of nitrogens with zero attached hydrogens (tertiary/aromatic N) is 3. The highest BCUT2D eigenvalue weighted by Gasteiger charge is 2.14. The number of benzene rings is 2. The molecular weight excluding hydrogens is 414 g/mol. The van der Waals surface area contributed by atoms with Gasteiger partial charge in [-0.05, 0) is 43.3 Å². The molecule has 8 heteroatoms. The van der Waals surface area contributed by atoms with Crippen LogP contribution in [0.3, 0.4) is 0 Å². The Kier molecular flexibility index (Phi) is 5.95. The molecule has 26 heavy (non-hydrogen) atoms. The van der Waals surface area contributed by atoms with Crippen LogP contribution < -0.4 is 11.1 Å². The lowest BCUT2D eigenvalue weighted by Gasteiger charge is -2.08. The van der Waals surface area contributed by atoms with Gasteiger partial charge in [0, 0.05) is 28.0 Å². The first-order valence-electron chi connectivity index (χ1n) is 8.04. The number of aromatic nitrogens is 3. The summed E-state index contributed by atoms with van der Waals surface area (Å²) in [7, 11) is 0. The number of halogens is 1. The Hall–Kier alpha value is -2.32. The predicted octanol–water partition coefficient (Wildman–Crippen LogP) is 4.04. The second kappa shape index (κ2) is 8.37. The molecule has 1 aromatic heterocycles. The summed E-state index contributed by atoms with van der Waals surface area (Å²) in [5, 5.41) is 12.1. The number of carbonyl (C=O) groups is 1. The molecule has 0 aliphatic rings. The van der Waals surface area contributed by atoms with Crippen LogP contribution in [0.5, 0.6) is 0 Å². The van der Waals surface area contributed by atoms with Crippen molar-refractivity contribution in [2.45, 2.75) is 18.6 Å². The third-order valence-electron chi connectivity index (χ3n) is 3.64. The first-order chi connectivity index (χ1) is 12.6. The Balaban J connectivity index is 1.68. The summed E-state index contributed by atoms with van der Waals surface area (Å²) < 4.78 is 2.95. The Bertz CT molecular complexity index is 910. The van der Waals surface area contributed by atoms with Gasteiger partial charge in [-0.3, -0.25) is 4.79 Å². The molecular formula is C18H18BrN5OS. The zero-order chi connectivity index (χ0) is 18.5. The van der Waals surface area contributed by atoms with Gasteiger partial charge in [0.05, 0.1) is 5.75 Å². The van der Waals surface area contributed by atoms with Crippen LogP contribution in [0, 0.1) is 0 Å². The van der Waals surface area contributed by atoms with E-state index >= 15 is 0 Å². The second-order valence-corrected chi connectivity index (χ2v) is 7.38. The number of hydrogen-bond donors (Lipinski definition) is 2. The maximum Gasteiger partial charge on any atom is 0.234 e. The summed E-state index contributed by atoms with van der Waals surface area (Å²) in [6, 6.07) is 15.0. The van der Waals surface area contributed by atoms with E-state index in [1.807, 2.05) is 60.0 Å². The van der Waals surface area contributed by atoms with Gasteiger partial charge in [0.2, 0.25) is 5.91 Å². The van der Waals surface area contributed by atoms with Gasteiger partial charge in [0.25, 0.3) is 0 Å². The van der Waals surface area contributed by atoms with Crippen molar-refractivity contribution in [3.05, 3.63) is 53.0 Å². The second-order valence-electron chi connectivity index (χ2n) is 5.52. The molecule has 0 atom stereocenters. The largest absolute Gasteiger partial charge is 0.399 e. The molecule has 1 amide bonds. The van der Waals surface area contributed by atoms with E-state index in [0.717, 1.165) is 21.5 Å². The lowest BCUT2D eigenvalue weighted by molar-refractivity contribution is -0.113. The minimum Gasteiger partial charge on any atom is -0.399 e. The number of carbonyl (C=O) groups excluding carboxylic acids is 1. The standard InChI is InChI=1S/C18H18BrN5OS/c1-2-24-17(12-4-3-5-14(20)10-12)22-23-18(24)26-11-16(25)21-15-8-6-13(19)7-9-15/h3-10H,2,11,20H2,1H3,(H,21,25). The number of rotatable bonds is 6. The summed E-state index contributed by atoms with van der Waals surface area (Å²) in [4.78, 5) is 12.2. The molecule has 0 fully saturated rings. The van der Waals surface area contributed by atoms with Gasteiger partial charge in [0.1, 0.15) is 0 Å². The quantitative estimate of drug-likeness (QED) is 0.454. The molecule has 0 spiro atoms. The van der Waals surface area contributed by atoms with Crippen LogP contribution >= 0.6 is 27.7 Å². The third kappa shape index (κ3) is 4.44. The molecule has 0 unspecified atom stereocenters. The number of nitrogens with one attached hydrogen (secondary N) is 1. The lowest BCUT2D eigenvalue weighted by atomic mass is 10.2. The summed E-state index contributed by atoms with van der Waals surface area (Å²) >= 11 is 4.73. The number of nitrogens with two attached hydrogens (primary N) is 1. The highest BCUT2D eigenvalue weighted by molar-refractivity contribution is 9.10. The molecule has 0 saturated heterocycles. The highest BCUT2D eigenvalue weighted by Crippen LogP contribution is 2.25. The molecule has 0 aliphatic heterocycles. The van der Waals surface area contributed by atoms with Crippen molar-refractivity contribution in [3.63, 3.8) is 0 Å². The van der Waals surface area contributed by atoms with Crippen LogP contribution in [0.15, 0.2) is 58.2 Å². The Morgan fingerprint density at radius 3 is 2.69 bits per heavy atom. The van der Waals surface area contributed by atoms with E-state index in [0.29, 0.717) is 17.4 Å². The van der Waals surface area contributed by atoms with Crippen LogP contribution in [0.2, 0.25) is 0 Å². The highest BCUT2D eigenvalue weighted by atomic mass is 79.9. The van der Waals surface area contributed by atoms with Crippen molar-refractivity contribution in [3.8, 4) is 11.4 Å². The summed E-state index contributed by atoms with van der Waals surface area (Å²) in [6.45, 7) is 2.72. The fraction of sp³-hybridized carbons (Fsp3) is 0.167. The maximum atomic E-state index is 12.2. The monoisotopic (exact) mass is 431 g/mol. The van der Waals surface area contributed by atoms with Crippen LogP contribution in [-0.4, -0.2) is 26.4 Å². The van der Waals surface area contributed by atoms with Crippen molar-refractivity contribution in [1.82, 2.24) is 14.8 Å². The predicted molar refractivity (Wildman–Crippen MR) is 109 cm³/mol. The third-order valence-corrected chi connectivity index (χ3v) is 5.13. The molecule has 6 nitrogen and oxygen atoms in total. The molecule has 3 N–H and O–H groups in total. The van der Waals surface area contributed by atoms with Gasteiger partial charge in [-0.2, -0.15) is 0 Å². The van der Waals surface area contributed by atoms with Gasteiger partial charge in [-0.15, -0.1) is 10.2 Å². The zero-order valence-electron chi connectivity index (χ0n) is 14.1. The van der Waals surface area contributed by atoms with Crippen LogP contribution in [0.1, 0.15) is 6.92 Å². The van der Waals surface area contributed by atoms with E-state index in [4.69, 9.17) is 5.73 Å².